The van der Waals surface area contributed by atoms with E-state index in [-0.39, 0.29) is 28.4 Å². The van der Waals surface area contributed by atoms with E-state index in [0.29, 0.717) is 25.7 Å². The van der Waals surface area contributed by atoms with E-state index < -0.39 is 28.9 Å². The molecule has 2 aliphatic carbocycles. The first-order chi connectivity index (χ1) is 16.2. The Kier molecular flexibility index (Phi) is 7.21. The summed E-state index contributed by atoms with van der Waals surface area (Å²) in [6, 6.07) is 2.18. The highest BCUT2D eigenvalue weighted by Gasteiger charge is 2.31. The molecule has 1 aromatic carbocycles. The lowest BCUT2D eigenvalue weighted by Gasteiger charge is -2.29. The third-order valence-corrected chi connectivity index (χ3v) is 7.14. The van der Waals surface area contributed by atoms with Gasteiger partial charge in [-0.05, 0) is 43.9 Å². The zero-order chi connectivity index (χ0) is 24.5. The summed E-state index contributed by atoms with van der Waals surface area (Å²) < 4.78 is 41.9. The van der Waals surface area contributed by atoms with Crippen molar-refractivity contribution in [2.75, 3.05) is 0 Å². The standard InChI is InChI=1S/C24H27ClF3N3O3/c25-19-12-11-15(24(26,27)28)13-20(19)29-14-18-21(32)30(16-7-3-1-4-8-16)23(34)31(22(18)33)17-9-5-2-6-10-17/h11-14,16-17,32H,1-10H2. The summed E-state index contributed by atoms with van der Waals surface area (Å²) in [7, 11) is 0. The number of benzene rings is 1. The molecular formula is C24H27ClF3N3O3. The molecule has 0 spiro atoms. The van der Waals surface area contributed by atoms with Gasteiger partial charge in [0.1, 0.15) is 5.56 Å². The van der Waals surface area contributed by atoms with Crippen LogP contribution in [-0.4, -0.2) is 20.5 Å². The van der Waals surface area contributed by atoms with E-state index in [4.69, 9.17) is 11.6 Å². The smallest absolute Gasteiger partial charge is 0.416 e. The maximum Gasteiger partial charge on any atom is 0.416 e. The molecule has 1 aromatic heterocycles. The summed E-state index contributed by atoms with van der Waals surface area (Å²) in [6.45, 7) is 0. The maximum absolute atomic E-state index is 13.4. The van der Waals surface area contributed by atoms with Crippen molar-refractivity contribution in [3.8, 4) is 5.88 Å². The second kappa shape index (κ2) is 9.98. The van der Waals surface area contributed by atoms with Gasteiger partial charge in [-0.15, -0.1) is 0 Å². The van der Waals surface area contributed by atoms with E-state index in [0.717, 1.165) is 62.9 Å². The highest BCUT2D eigenvalue weighted by atomic mass is 35.5. The molecule has 2 saturated carbocycles. The summed E-state index contributed by atoms with van der Waals surface area (Å²) in [6.07, 6.45) is 4.87. The Balaban J connectivity index is 1.85. The van der Waals surface area contributed by atoms with Crippen molar-refractivity contribution in [3.05, 3.63) is 55.2 Å². The van der Waals surface area contributed by atoms with Crippen LogP contribution >= 0.6 is 11.6 Å². The van der Waals surface area contributed by atoms with Crippen LogP contribution in [0.5, 0.6) is 5.88 Å². The molecule has 184 valence electrons. The molecular weight excluding hydrogens is 471 g/mol. The van der Waals surface area contributed by atoms with Gasteiger partial charge in [0.25, 0.3) is 5.56 Å². The molecule has 0 amide bonds. The van der Waals surface area contributed by atoms with E-state index in [1.165, 1.54) is 9.13 Å². The summed E-state index contributed by atoms with van der Waals surface area (Å²) in [5.74, 6) is -0.499. The van der Waals surface area contributed by atoms with Crippen LogP contribution in [-0.2, 0) is 6.18 Å². The molecule has 0 aliphatic heterocycles. The minimum absolute atomic E-state index is 0.0306. The van der Waals surface area contributed by atoms with Crippen LogP contribution in [0.25, 0.3) is 0 Å². The molecule has 2 aliphatic rings. The lowest BCUT2D eigenvalue weighted by Crippen LogP contribution is -2.45. The van der Waals surface area contributed by atoms with E-state index in [2.05, 4.69) is 4.99 Å². The normalized spacial score (nSPS) is 18.6. The second-order valence-corrected chi connectivity index (χ2v) is 9.48. The third-order valence-electron chi connectivity index (χ3n) is 6.82. The molecule has 0 atom stereocenters. The molecule has 0 radical (unpaired) electrons. The fraction of sp³-hybridized carbons (Fsp3) is 0.542. The number of hydrogen-bond donors (Lipinski definition) is 1. The van der Waals surface area contributed by atoms with Gasteiger partial charge in [-0.3, -0.25) is 18.9 Å². The van der Waals surface area contributed by atoms with Crippen molar-refractivity contribution in [2.24, 2.45) is 4.99 Å². The average Bonchev–Trinajstić information content (AvgIpc) is 2.80. The van der Waals surface area contributed by atoms with Gasteiger partial charge < -0.3 is 5.11 Å². The summed E-state index contributed by atoms with van der Waals surface area (Å²) in [5, 5.41) is 11.0. The van der Waals surface area contributed by atoms with Gasteiger partial charge in [0.15, 0.2) is 0 Å². The first-order valence-electron chi connectivity index (χ1n) is 11.7. The molecule has 2 aromatic rings. The van der Waals surface area contributed by atoms with Crippen LogP contribution in [0.2, 0.25) is 5.02 Å². The van der Waals surface area contributed by atoms with Gasteiger partial charge in [-0.1, -0.05) is 50.1 Å². The summed E-state index contributed by atoms with van der Waals surface area (Å²) >= 11 is 6.04. The largest absolute Gasteiger partial charge is 0.494 e. The predicted octanol–water partition coefficient (Wildman–Crippen LogP) is 6.15. The van der Waals surface area contributed by atoms with Crippen LogP contribution < -0.4 is 11.2 Å². The van der Waals surface area contributed by atoms with Crippen LogP contribution in [0.15, 0.2) is 32.8 Å². The Morgan fingerprint density at radius 2 is 1.50 bits per heavy atom. The van der Waals surface area contributed by atoms with Gasteiger partial charge in [0.2, 0.25) is 5.88 Å². The highest BCUT2D eigenvalue weighted by molar-refractivity contribution is 6.33. The Labute approximate surface area is 199 Å². The maximum atomic E-state index is 13.4. The van der Waals surface area contributed by atoms with Crippen LogP contribution in [0.4, 0.5) is 18.9 Å². The van der Waals surface area contributed by atoms with Gasteiger partial charge >= 0.3 is 11.9 Å². The van der Waals surface area contributed by atoms with E-state index in [1.54, 1.807) is 0 Å². The van der Waals surface area contributed by atoms with Crippen molar-refractivity contribution in [3.63, 3.8) is 0 Å². The number of aromatic nitrogens is 2. The summed E-state index contributed by atoms with van der Waals surface area (Å²) in [5.41, 5.74) is -2.55. The summed E-state index contributed by atoms with van der Waals surface area (Å²) in [4.78, 5) is 30.8. The first kappa shape index (κ1) is 24.6. The lowest BCUT2D eigenvalue weighted by molar-refractivity contribution is -0.137. The molecule has 6 nitrogen and oxygen atoms in total. The van der Waals surface area contributed by atoms with Gasteiger partial charge in [-0.2, -0.15) is 13.2 Å². The molecule has 10 heteroatoms. The monoisotopic (exact) mass is 497 g/mol. The Bertz CT molecular complexity index is 1190. The second-order valence-electron chi connectivity index (χ2n) is 9.07. The fourth-order valence-electron chi connectivity index (χ4n) is 5.01. The predicted molar refractivity (Wildman–Crippen MR) is 125 cm³/mol. The highest BCUT2D eigenvalue weighted by Crippen LogP contribution is 2.36. The molecule has 4 rings (SSSR count). The number of aromatic hydroxyl groups is 1. The van der Waals surface area contributed by atoms with Crippen LogP contribution in [0.3, 0.4) is 0 Å². The molecule has 1 N–H and O–H groups in total. The number of rotatable bonds is 4. The van der Waals surface area contributed by atoms with E-state index in [9.17, 15) is 27.9 Å². The SMILES string of the molecule is O=c1c(C=Nc2cc(C(F)(F)F)ccc2Cl)c(O)n(C2CCCCC2)c(=O)n1C1CCCCC1. The quantitative estimate of drug-likeness (QED) is 0.515. The van der Waals surface area contributed by atoms with Crippen LogP contribution in [0.1, 0.15) is 87.4 Å². The number of aliphatic imine (C=N–C) groups is 1. The van der Waals surface area contributed by atoms with Crippen molar-refractivity contribution in [1.82, 2.24) is 9.13 Å². The molecule has 0 bridgehead atoms. The van der Waals surface area contributed by atoms with Crippen molar-refractivity contribution >= 4 is 23.5 Å². The first-order valence-corrected chi connectivity index (χ1v) is 12.1. The molecule has 2 fully saturated rings. The fourth-order valence-corrected chi connectivity index (χ4v) is 5.18. The number of hydrogen-bond acceptors (Lipinski definition) is 4. The lowest BCUT2D eigenvalue weighted by atomic mass is 9.94. The minimum Gasteiger partial charge on any atom is -0.494 e. The average molecular weight is 498 g/mol. The Hall–Kier alpha value is -2.55. The zero-order valence-corrected chi connectivity index (χ0v) is 19.4. The Morgan fingerprint density at radius 3 is 2.06 bits per heavy atom. The van der Waals surface area contributed by atoms with E-state index in [1.807, 2.05) is 0 Å². The zero-order valence-electron chi connectivity index (χ0n) is 18.7. The third kappa shape index (κ3) is 4.94. The number of nitrogens with zero attached hydrogens (tertiary/aromatic N) is 3. The number of halogens is 4. The molecule has 34 heavy (non-hydrogen) atoms. The molecule has 0 unspecified atom stereocenters. The molecule has 1 heterocycles. The molecule has 0 saturated heterocycles. The van der Waals surface area contributed by atoms with Gasteiger partial charge in [0.05, 0.1) is 16.3 Å². The van der Waals surface area contributed by atoms with Gasteiger partial charge in [0, 0.05) is 18.3 Å². The minimum atomic E-state index is -4.58. The van der Waals surface area contributed by atoms with Crippen molar-refractivity contribution in [1.29, 1.82) is 0 Å². The van der Waals surface area contributed by atoms with Gasteiger partial charge in [-0.25, -0.2) is 4.79 Å². The van der Waals surface area contributed by atoms with Crippen molar-refractivity contribution in [2.45, 2.75) is 82.5 Å². The van der Waals surface area contributed by atoms with Crippen molar-refractivity contribution < 1.29 is 18.3 Å². The van der Waals surface area contributed by atoms with Crippen LogP contribution in [0, 0.1) is 0 Å². The Morgan fingerprint density at radius 1 is 0.941 bits per heavy atom. The van der Waals surface area contributed by atoms with E-state index >= 15 is 0 Å². The number of alkyl halides is 3. The topological polar surface area (TPSA) is 76.6 Å².